The number of nitrogens with one attached hydrogen (secondary N) is 1. The minimum absolute atomic E-state index is 0.174. The van der Waals surface area contributed by atoms with Crippen molar-refractivity contribution in [3.63, 3.8) is 0 Å². The lowest BCUT2D eigenvalue weighted by Crippen LogP contribution is -2.15. The molecule has 0 radical (unpaired) electrons. The van der Waals surface area contributed by atoms with E-state index >= 15 is 0 Å². The second-order valence-corrected chi connectivity index (χ2v) is 6.07. The maximum absolute atomic E-state index is 12.6. The molecule has 4 rings (SSSR count). The molecule has 0 aliphatic carbocycles. The van der Waals surface area contributed by atoms with E-state index in [1.54, 1.807) is 13.4 Å². The quantitative estimate of drug-likeness (QED) is 0.603. The Bertz CT molecular complexity index is 1080. The van der Waals surface area contributed by atoms with Crippen LogP contribution in [0.25, 0.3) is 11.2 Å². The first-order valence-electron chi connectivity index (χ1n) is 8.34. The summed E-state index contributed by atoms with van der Waals surface area (Å²) in [6.45, 7) is 0.583. The first kappa shape index (κ1) is 16.1. The number of rotatable bonds is 5. The predicted molar refractivity (Wildman–Crippen MR) is 99.5 cm³/mol. The highest BCUT2D eigenvalue weighted by Gasteiger charge is 2.11. The summed E-state index contributed by atoms with van der Waals surface area (Å²) < 4.78 is 6.99. The third kappa shape index (κ3) is 3.21. The van der Waals surface area contributed by atoms with E-state index in [1.807, 2.05) is 59.2 Å². The fraction of sp³-hybridized carbons (Fsp3) is 0.150. The summed E-state index contributed by atoms with van der Waals surface area (Å²) in [6, 6.07) is 17.6. The van der Waals surface area contributed by atoms with Crippen LogP contribution in [0.5, 0.6) is 5.75 Å². The number of benzene rings is 2. The maximum Gasteiger partial charge on any atom is 0.277 e. The molecule has 0 amide bonds. The number of nitrogens with zero attached hydrogens (tertiary/aromatic N) is 3. The number of fused-ring (bicyclic) bond motifs is 1. The van der Waals surface area contributed by atoms with Crippen LogP contribution in [0.3, 0.4) is 0 Å². The molecule has 0 fully saturated rings. The summed E-state index contributed by atoms with van der Waals surface area (Å²) >= 11 is 0. The van der Waals surface area contributed by atoms with Gasteiger partial charge in [0.2, 0.25) is 0 Å². The smallest absolute Gasteiger partial charge is 0.277 e. The second kappa shape index (κ2) is 6.84. The molecule has 1 N–H and O–H groups in total. The summed E-state index contributed by atoms with van der Waals surface area (Å²) in [5.41, 5.74) is 2.93. The van der Waals surface area contributed by atoms with Crippen molar-refractivity contribution in [2.75, 3.05) is 7.11 Å². The Kier molecular flexibility index (Phi) is 4.23. The van der Waals surface area contributed by atoms with Gasteiger partial charge in [0.05, 0.1) is 13.4 Å². The van der Waals surface area contributed by atoms with Gasteiger partial charge in [-0.25, -0.2) is 9.97 Å². The fourth-order valence-corrected chi connectivity index (χ4v) is 2.95. The summed E-state index contributed by atoms with van der Waals surface area (Å²) in [5.74, 6) is 1.39. The molecular formula is C20H18N4O2. The zero-order valence-electron chi connectivity index (χ0n) is 14.3. The first-order valence-corrected chi connectivity index (χ1v) is 8.34. The molecule has 0 atom stereocenters. The molecule has 0 bridgehead atoms. The monoisotopic (exact) mass is 346 g/mol. The summed E-state index contributed by atoms with van der Waals surface area (Å²) in [6.07, 6.45) is 2.19. The number of aromatic amines is 1. The Hall–Kier alpha value is -3.41. The molecule has 130 valence electrons. The second-order valence-electron chi connectivity index (χ2n) is 6.07. The van der Waals surface area contributed by atoms with Crippen LogP contribution >= 0.6 is 0 Å². The van der Waals surface area contributed by atoms with Gasteiger partial charge in [0.25, 0.3) is 5.56 Å². The number of H-pyrrole nitrogens is 1. The van der Waals surface area contributed by atoms with Gasteiger partial charge in [-0.1, -0.05) is 42.5 Å². The normalized spacial score (nSPS) is 11.0. The van der Waals surface area contributed by atoms with Gasteiger partial charge in [0, 0.05) is 13.0 Å². The Balaban J connectivity index is 1.64. The number of imidazole rings is 1. The topological polar surface area (TPSA) is 72.8 Å². The Morgan fingerprint density at radius 3 is 2.54 bits per heavy atom. The zero-order valence-corrected chi connectivity index (χ0v) is 14.3. The van der Waals surface area contributed by atoms with Gasteiger partial charge in [0.1, 0.15) is 11.6 Å². The van der Waals surface area contributed by atoms with Crippen LogP contribution in [0.15, 0.2) is 65.7 Å². The molecule has 2 heterocycles. The van der Waals surface area contributed by atoms with Crippen LogP contribution in [0.4, 0.5) is 0 Å². The van der Waals surface area contributed by atoms with Gasteiger partial charge in [-0.05, 0) is 23.3 Å². The highest BCUT2D eigenvalue weighted by Crippen LogP contribution is 2.14. The number of methoxy groups -OCH3 is 1. The minimum atomic E-state index is -0.174. The van der Waals surface area contributed by atoms with Crippen molar-refractivity contribution in [2.45, 2.75) is 13.0 Å². The van der Waals surface area contributed by atoms with E-state index in [0.717, 1.165) is 16.9 Å². The largest absolute Gasteiger partial charge is 0.497 e. The van der Waals surface area contributed by atoms with E-state index in [0.29, 0.717) is 30.0 Å². The fourth-order valence-electron chi connectivity index (χ4n) is 2.95. The maximum atomic E-state index is 12.6. The van der Waals surface area contributed by atoms with Crippen molar-refractivity contribution in [2.24, 2.45) is 0 Å². The first-order chi connectivity index (χ1) is 12.7. The van der Waals surface area contributed by atoms with E-state index < -0.39 is 0 Å². The molecule has 0 saturated heterocycles. The average Bonchev–Trinajstić information content (AvgIpc) is 3.06. The van der Waals surface area contributed by atoms with E-state index in [2.05, 4.69) is 15.0 Å². The molecule has 0 unspecified atom stereocenters. The van der Waals surface area contributed by atoms with Crippen molar-refractivity contribution in [1.82, 2.24) is 19.5 Å². The number of ether oxygens (including phenoxy) is 1. The van der Waals surface area contributed by atoms with Crippen molar-refractivity contribution in [3.8, 4) is 5.75 Å². The Morgan fingerprint density at radius 2 is 1.81 bits per heavy atom. The summed E-state index contributed by atoms with van der Waals surface area (Å²) in [5, 5.41) is 0. The molecule has 4 aromatic rings. The van der Waals surface area contributed by atoms with E-state index in [1.165, 1.54) is 0 Å². The standard InChI is InChI=1S/C20H18N4O2/c1-26-16-9-7-14(8-10-16)11-17-22-19-18(20(25)23-17)24(13-21-19)12-15-5-3-2-4-6-15/h2-10,13H,11-12H2,1H3,(H,22,23,25). The summed E-state index contributed by atoms with van der Waals surface area (Å²) in [4.78, 5) is 24.3. The zero-order chi connectivity index (χ0) is 17.9. The molecular weight excluding hydrogens is 328 g/mol. The van der Waals surface area contributed by atoms with Crippen LogP contribution in [0.1, 0.15) is 17.0 Å². The SMILES string of the molecule is COc1ccc(Cc2nc3ncn(Cc4ccccc4)c3c(=O)[nH]2)cc1. The molecule has 2 aromatic carbocycles. The predicted octanol–water partition coefficient (Wildman–Crippen LogP) is 2.77. The highest BCUT2D eigenvalue weighted by atomic mass is 16.5. The van der Waals surface area contributed by atoms with Crippen molar-refractivity contribution < 1.29 is 4.74 Å². The van der Waals surface area contributed by atoms with E-state index in [4.69, 9.17) is 4.74 Å². The Labute approximate surface area is 150 Å². The Morgan fingerprint density at radius 1 is 1.04 bits per heavy atom. The molecule has 26 heavy (non-hydrogen) atoms. The van der Waals surface area contributed by atoms with Crippen LogP contribution in [-0.4, -0.2) is 26.6 Å². The molecule has 0 aliphatic rings. The van der Waals surface area contributed by atoms with Gasteiger partial charge in [-0.3, -0.25) is 4.79 Å². The minimum Gasteiger partial charge on any atom is -0.497 e. The molecule has 6 heteroatoms. The number of aromatic nitrogens is 4. The third-order valence-corrected chi connectivity index (χ3v) is 4.26. The van der Waals surface area contributed by atoms with Crippen molar-refractivity contribution >= 4 is 11.2 Å². The average molecular weight is 346 g/mol. The van der Waals surface area contributed by atoms with Crippen LogP contribution < -0.4 is 10.3 Å². The van der Waals surface area contributed by atoms with Crippen LogP contribution in [0.2, 0.25) is 0 Å². The lowest BCUT2D eigenvalue weighted by Gasteiger charge is -2.05. The van der Waals surface area contributed by atoms with Gasteiger partial charge in [-0.15, -0.1) is 0 Å². The highest BCUT2D eigenvalue weighted by molar-refractivity contribution is 5.69. The third-order valence-electron chi connectivity index (χ3n) is 4.26. The van der Waals surface area contributed by atoms with Crippen molar-refractivity contribution in [1.29, 1.82) is 0 Å². The summed E-state index contributed by atoms with van der Waals surface area (Å²) in [7, 11) is 1.63. The van der Waals surface area contributed by atoms with Gasteiger partial charge in [-0.2, -0.15) is 0 Å². The van der Waals surface area contributed by atoms with Gasteiger partial charge >= 0.3 is 0 Å². The molecule has 0 aliphatic heterocycles. The van der Waals surface area contributed by atoms with Crippen LogP contribution in [-0.2, 0) is 13.0 Å². The molecule has 0 spiro atoms. The molecule has 0 saturated carbocycles. The number of hydrogen-bond acceptors (Lipinski definition) is 4. The van der Waals surface area contributed by atoms with E-state index in [9.17, 15) is 4.79 Å². The lowest BCUT2D eigenvalue weighted by molar-refractivity contribution is 0.414. The van der Waals surface area contributed by atoms with Gasteiger partial charge < -0.3 is 14.3 Å². The molecule has 6 nitrogen and oxygen atoms in total. The van der Waals surface area contributed by atoms with E-state index in [-0.39, 0.29) is 5.56 Å². The van der Waals surface area contributed by atoms with Crippen LogP contribution in [0, 0.1) is 0 Å². The number of hydrogen-bond donors (Lipinski definition) is 1. The van der Waals surface area contributed by atoms with Crippen molar-refractivity contribution in [3.05, 3.63) is 88.2 Å². The lowest BCUT2D eigenvalue weighted by atomic mass is 10.1. The van der Waals surface area contributed by atoms with Gasteiger partial charge in [0.15, 0.2) is 11.2 Å². The molecule has 2 aromatic heterocycles.